The van der Waals surface area contributed by atoms with E-state index in [9.17, 15) is 23.3 Å². The van der Waals surface area contributed by atoms with E-state index in [1.807, 2.05) is 31.2 Å². The number of piperidine rings is 1. The predicted molar refractivity (Wildman–Crippen MR) is 126 cm³/mol. The van der Waals surface area contributed by atoms with Crippen molar-refractivity contribution in [2.75, 3.05) is 20.1 Å². The summed E-state index contributed by atoms with van der Waals surface area (Å²) in [6, 6.07) is 12.9. The molecule has 1 aliphatic rings. The van der Waals surface area contributed by atoms with Crippen molar-refractivity contribution in [3.8, 4) is 11.5 Å². The molecule has 0 N–H and O–H groups in total. The third-order valence-corrected chi connectivity index (χ3v) is 7.94. The Morgan fingerprint density at radius 3 is 2.46 bits per heavy atom. The second-order valence-corrected chi connectivity index (χ2v) is 10.4. The SMILES string of the molecule is Cc1ccc(-c2nnc(CN(C)C(=O)C3CCN(S(=O)(=O)c4ccccc4[N+](=O)[O-])CC3)o2)cc1. The lowest BCUT2D eigenvalue weighted by atomic mass is 9.97. The number of amides is 1. The number of aromatic nitrogens is 2. The Kier molecular flexibility index (Phi) is 6.94. The zero-order valence-electron chi connectivity index (χ0n) is 19.3. The van der Waals surface area contributed by atoms with Gasteiger partial charge in [-0.1, -0.05) is 29.8 Å². The van der Waals surface area contributed by atoms with E-state index in [4.69, 9.17) is 4.42 Å². The number of carbonyl (C=O) groups is 1. The third-order valence-electron chi connectivity index (χ3n) is 6.00. The number of nitrogens with zero attached hydrogens (tertiary/aromatic N) is 5. The number of para-hydroxylation sites is 1. The monoisotopic (exact) mass is 499 g/mol. The van der Waals surface area contributed by atoms with E-state index in [0.717, 1.165) is 11.1 Å². The number of benzene rings is 2. The summed E-state index contributed by atoms with van der Waals surface area (Å²) in [7, 11) is -2.42. The fourth-order valence-corrected chi connectivity index (χ4v) is 5.66. The molecule has 3 aromatic rings. The van der Waals surface area contributed by atoms with Crippen LogP contribution in [0.5, 0.6) is 0 Å². The minimum atomic E-state index is -4.05. The van der Waals surface area contributed by atoms with Gasteiger partial charge in [0.15, 0.2) is 4.90 Å². The summed E-state index contributed by atoms with van der Waals surface area (Å²) in [4.78, 5) is 24.7. The van der Waals surface area contributed by atoms with Crippen molar-refractivity contribution in [3.63, 3.8) is 0 Å². The molecule has 2 aromatic carbocycles. The molecule has 1 aromatic heterocycles. The van der Waals surface area contributed by atoms with Gasteiger partial charge in [0.25, 0.3) is 5.69 Å². The summed E-state index contributed by atoms with van der Waals surface area (Å²) in [5.41, 5.74) is 1.44. The molecule has 0 unspecified atom stereocenters. The molecular weight excluding hydrogens is 474 g/mol. The Hall–Kier alpha value is -3.64. The molecule has 11 nitrogen and oxygen atoms in total. The Labute approximate surface area is 202 Å². The van der Waals surface area contributed by atoms with E-state index in [2.05, 4.69) is 10.2 Å². The van der Waals surface area contributed by atoms with E-state index in [-0.39, 0.29) is 36.4 Å². The first-order chi connectivity index (χ1) is 16.7. The van der Waals surface area contributed by atoms with Gasteiger partial charge in [-0.2, -0.15) is 4.31 Å². The van der Waals surface area contributed by atoms with Crippen molar-refractivity contribution in [3.05, 3.63) is 70.1 Å². The average Bonchev–Trinajstić information content (AvgIpc) is 3.32. The molecule has 0 atom stereocenters. The van der Waals surface area contributed by atoms with Crippen LogP contribution < -0.4 is 0 Å². The van der Waals surface area contributed by atoms with Gasteiger partial charge >= 0.3 is 0 Å². The van der Waals surface area contributed by atoms with Gasteiger partial charge in [-0.25, -0.2) is 8.42 Å². The van der Waals surface area contributed by atoms with Crippen LogP contribution in [0.4, 0.5) is 5.69 Å². The smallest absolute Gasteiger partial charge is 0.289 e. The highest BCUT2D eigenvalue weighted by atomic mass is 32.2. The van der Waals surface area contributed by atoms with Gasteiger partial charge < -0.3 is 9.32 Å². The molecule has 35 heavy (non-hydrogen) atoms. The topological polar surface area (TPSA) is 140 Å². The lowest BCUT2D eigenvalue weighted by molar-refractivity contribution is -0.387. The lowest BCUT2D eigenvalue weighted by Gasteiger charge is -2.32. The summed E-state index contributed by atoms with van der Waals surface area (Å²) in [6.45, 7) is 2.30. The van der Waals surface area contributed by atoms with E-state index < -0.39 is 20.6 Å². The minimum absolute atomic E-state index is 0.0940. The van der Waals surface area contributed by atoms with Crippen LogP contribution >= 0.6 is 0 Å². The molecule has 0 bridgehead atoms. The first-order valence-electron chi connectivity index (χ1n) is 11.0. The molecular formula is C23H25N5O6S. The standard InChI is InChI=1S/C23H25N5O6S/c1-16-7-9-17(10-8-16)22-25-24-21(34-22)15-26(2)23(29)18-11-13-27(14-12-18)35(32,33)20-6-4-3-5-19(20)28(30)31/h3-10,18H,11-15H2,1-2H3. The second-order valence-electron chi connectivity index (χ2n) is 8.46. The molecule has 4 rings (SSSR count). The molecule has 1 amide bonds. The van der Waals surface area contributed by atoms with Gasteiger partial charge in [0.05, 0.1) is 11.5 Å². The first-order valence-corrected chi connectivity index (χ1v) is 12.5. The van der Waals surface area contributed by atoms with Crippen molar-refractivity contribution in [2.24, 2.45) is 5.92 Å². The number of nitro groups is 1. The summed E-state index contributed by atoms with van der Waals surface area (Å²) < 4.78 is 32.9. The van der Waals surface area contributed by atoms with Gasteiger partial charge in [-0.3, -0.25) is 14.9 Å². The van der Waals surface area contributed by atoms with Crippen molar-refractivity contribution in [1.82, 2.24) is 19.4 Å². The molecule has 0 aliphatic carbocycles. The van der Waals surface area contributed by atoms with E-state index in [1.54, 1.807) is 7.05 Å². The molecule has 0 spiro atoms. The van der Waals surface area contributed by atoms with Gasteiger partial charge in [0, 0.05) is 37.7 Å². The van der Waals surface area contributed by atoms with Gasteiger partial charge in [-0.15, -0.1) is 10.2 Å². The van der Waals surface area contributed by atoms with Crippen molar-refractivity contribution < 1.29 is 22.6 Å². The summed E-state index contributed by atoms with van der Waals surface area (Å²) in [5.74, 6) is 0.140. The summed E-state index contributed by atoms with van der Waals surface area (Å²) >= 11 is 0. The Bertz CT molecular complexity index is 1330. The molecule has 2 heterocycles. The van der Waals surface area contributed by atoms with Crippen LogP contribution in [0.1, 0.15) is 24.3 Å². The predicted octanol–water partition coefficient (Wildman–Crippen LogP) is 3.01. The largest absolute Gasteiger partial charge is 0.419 e. The van der Waals surface area contributed by atoms with E-state index >= 15 is 0 Å². The summed E-state index contributed by atoms with van der Waals surface area (Å²) in [5, 5.41) is 19.3. The maximum absolute atomic E-state index is 13.0. The van der Waals surface area contributed by atoms with Crippen molar-refractivity contribution in [1.29, 1.82) is 0 Å². The zero-order valence-corrected chi connectivity index (χ0v) is 20.1. The average molecular weight is 500 g/mol. The Morgan fingerprint density at radius 1 is 1.14 bits per heavy atom. The number of carbonyl (C=O) groups excluding carboxylic acids is 1. The van der Waals surface area contributed by atoms with Crippen LogP contribution in [0.15, 0.2) is 57.8 Å². The number of sulfonamides is 1. The Balaban J connectivity index is 1.37. The number of hydrogen-bond donors (Lipinski definition) is 0. The van der Waals surface area contributed by atoms with E-state index in [1.165, 1.54) is 33.5 Å². The van der Waals surface area contributed by atoms with Crippen LogP contribution in [0.3, 0.4) is 0 Å². The maximum Gasteiger partial charge on any atom is 0.289 e. The third kappa shape index (κ3) is 5.23. The minimum Gasteiger partial charge on any atom is -0.419 e. The normalized spacial score (nSPS) is 15.1. The molecule has 1 aliphatic heterocycles. The number of hydrogen-bond acceptors (Lipinski definition) is 8. The van der Waals surface area contributed by atoms with Gasteiger partial charge in [0.1, 0.15) is 0 Å². The maximum atomic E-state index is 13.0. The van der Waals surface area contributed by atoms with Crippen LogP contribution in [-0.2, 0) is 21.4 Å². The highest BCUT2D eigenvalue weighted by molar-refractivity contribution is 7.89. The molecule has 12 heteroatoms. The van der Waals surface area contributed by atoms with Crippen LogP contribution in [0.25, 0.3) is 11.5 Å². The lowest BCUT2D eigenvalue weighted by Crippen LogP contribution is -2.43. The fraction of sp³-hybridized carbons (Fsp3) is 0.348. The Morgan fingerprint density at radius 2 is 1.80 bits per heavy atom. The van der Waals surface area contributed by atoms with Crippen LogP contribution in [-0.4, -0.2) is 58.8 Å². The number of aryl methyl sites for hydroxylation is 1. The molecule has 1 fully saturated rings. The van der Waals surface area contributed by atoms with Crippen LogP contribution in [0.2, 0.25) is 0 Å². The first kappa shape index (κ1) is 24.5. The number of rotatable bonds is 7. The highest BCUT2D eigenvalue weighted by Gasteiger charge is 2.36. The number of nitro benzene ring substituents is 1. The second kappa shape index (κ2) is 9.92. The molecule has 0 saturated carbocycles. The van der Waals surface area contributed by atoms with Crippen LogP contribution in [0, 0.1) is 23.0 Å². The quantitative estimate of drug-likeness (QED) is 0.357. The van der Waals surface area contributed by atoms with Crippen molar-refractivity contribution in [2.45, 2.75) is 31.2 Å². The van der Waals surface area contributed by atoms with Gasteiger partial charge in [0.2, 0.25) is 27.7 Å². The van der Waals surface area contributed by atoms with Crippen molar-refractivity contribution >= 4 is 21.6 Å². The fourth-order valence-electron chi connectivity index (χ4n) is 4.03. The molecule has 184 valence electrons. The highest BCUT2D eigenvalue weighted by Crippen LogP contribution is 2.30. The zero-order chi connectivity index (χ0) is 25.2. The summed E-state index contributed by atoms with van der Waals surface area (Å²) in [6.07, 6.45) is 0.614. The molecule has 0 radical (unpaired) electrons. The van der Waals surface area contributed by atoms with E-state index in [0.29, 0.717) is 24.6 Å². The van der Waals surface area contributed by atoms with Gasteiger partial charge in [-0.05, 0) is 38.0 Å². The molecule has 1 saturated heterocycles.